The second-order valence-electron chi connectivity index (χ2n) is 6.57. The fourth-order valence-corrected chi connectivity index (χ4v) is 3.39. The van der Waals surface area contributed by atoms with Crippen molar-refractivity contribution < 1.29 is 9.13 Å². The van der Waals surface area contributed by atoms with Gasteiger partial charge in [0.15, 0.2) is 5.11 Å². The summed E-state index contributed by atoms with van der Waals surface area (Å²) in [6.45, 7) is 3.64. The molecule has 138 valence electrons. The van der Waals surface area contributed by atoms with Gasteiger partial charge in [-0.15, -0.1) is 0 Å². The summed E-state index contributed by atoms with van der Waals surface area (Å²) in [5.74, 6) is -0.252. The zero-order chi connectivity index (χ0) is 18.4. The van der Waals surface area contributed by atoms with Crippen molar-refractivity contribution in [1.29, 1.82) is 0 Å². The normalized spacial score (nSPS) is 17.7. The third-order valence-electron chi connectivity index (χ3n) is 4.69. The van der Waals surface area contributed by atoms with E-state index in [-0.39, 0.29) is 18.0 Å². The molecule has 2 N–H and O–H groups in total. The lowest BCUT2D eigenvalue weighted by molar-refractivity contribution is 0.114. The van der Waals surface area contributed by atoms with Crippen LogP contribution in [0.15, 0.2) is 48.5 Å². The largest absolute Gasteiger partial charge is 0.376 e. The Hall–Kier alpha value is -1.98. The second kappa shape index (κ2) is 9.10. The van der Waals surface area contributed by atoms with Gasteiger partial charge in [0, 0.05) is 13.2 Å². The van der Waals surface area contributed by atoms with Crippen LogP contribution in [0, 0.1) is 5.82 Å². The van der Waals surface area contributed by atoms with Gasteiger partial charge in [0.1, 0.15) is 5.82 Å². The van der Waals surface area contributed by atoms with Gasteiger partial charge in [-0.25, -0.2) is 4.39 Å². The molecule has 0 spiro atoms. The summed E-state index contributed by atoms with van der Waals surface area (Å²) in [4.78, 5) is 0. The third-order valence-corrected chi connectivity index (χ3v) is 4.96. The number of halogens is 1. The zero-order valence-electron chi connectivity index (χ0n) is 15.0. The Balaban J connectivity index is 1.74. The molecule has 1 aliphatic rings. The van der Waals surface area contributed by atoms with Crippen LogP contribution in [0.5, 0.6) is 0 Å². The van der Waals surface area contributed by atoms with Gasteiger partial charge in [0.25, 0.3) is 0 Å². The Morgan fingerprint density at radius 2 is 2.04 bits per heavy atom. The average Bonchev–Trinajstić information content (AvgIpc) is 3.18. The van der Waals surface area contributed by atoms with Crippen LogP contribution < -0.4 is 10.6 Å². The molecular formula is C21H25FN2OS. The highest BCUT2D eigenvalue weighted by atomic mass is 32.1. The van der Waals surface area contributed by atoms with Crippen LogP contribution in [0.25, 0.3) is 0 Å². The van der Waals surface area contributed by atoms with Gasteiger partial charge in [-0.3, -0.25) is 0 Å². The first-order valence-electron chi connectivity index (χ1n) is 9.16. The second-order valence-corrected chi connectivity index (χ2v) is 6.98. The fraction of sp³-hybridized carbons (Fsp3) is 0.381. The number of thiocarbonyl (C=S) groups is 1. The third kappa shape index (κ3) is 5.02. The molecule has 2 aromatic carbocycles. The van der Waals surface area contributed by atoms with E-state index in [4.69, 9.17) is 17.0 Å². The van der Waals surface area contributed by atoms with Gasteiger partial charge in [-0.05, 0) is 60.3 Å². The Kier molecular flexibility index (Phi) is 6.58. The van der Waals surface area contributed by atoms with E-state index in [2.05, 4.69) is 41.8 Å². The van der Waals surface area contributed by atoms with Crippen molar-refractivity contribution in [3.8, 4) is 0 Å². The minimum Gasteiger partial charge on any atom is -0.376 e. The Morgan fingerprint density at radius 3 is 2.69 bits per heavy atom. The van der Waals surface area contributed by atoms with Crippen LogP contribution in [0.1, 0.15) is 42.5 Å². The van der Waals surface area contributed by atoms with Gasteiger partial charge in [0.05, 0.1) is 12.1 Å². The van der Waals surface area contributed by atoms with Crippen molar-refractivity contribution in [3.05, 3.63) is 71.0 Å². The molecule has 3 nitrogen and oxygen atoms in total. The molecule has 0 radical (unpaired) electrons. The monoisotopic (exact) mass is 372 g/mol. The highest BCUT2D eigenvalue weighted by Crippen LogP contribution is 2.23. The Bertz CT molecular complexity index is 729. The van der Waals surface area contributed by atoms with Gasteiger partial charge >= 0.3 is 0 Å². The van der Waals surface area contributed by atoms with Gasteiger partial charge in [0.2, 0.25) is 0 Å². The van der Waals surface area contributed by atoms with E-state index in [1.54, 1.807) is 12.1 Å². The molecule has 1 aliphatic heterocycles. The standard InChI is InChI=1S/C21H25FN2OS/c1-2-15-8-10-16(11-9-15)20(17-5-3-6-18(22)13-17)24-21(26)23-14-19-7-4-12-25-19/h3,5-6,8-11,13,19-20H,2,4,7,12,14H2,1H3,(H2,23,24,26)/t19-,20-/m1/s1. The summed E-state index contributed by atoms with van der Waals surface area (Å²) in [6, 6.07) is 14.8. The number of aryl methyl sites for hydroxylation is 1. The van der Waals surface area contributed by atoms with Crippen molar-refractivity contribution in [1.82, 2.24) is 10.6 Å². The lowest BCUT2D eigenvalue weighted by Crippen LogP contribution is -2.41. The van der Waals surface area contributed by atoms with Crippen LogP contribution in [0.3, 0.4) is 0 Å². The predicted molar refractivity (Wildman–Crippen MR) is 107 cm³/mol. The van der Waals surface area contributed by atoms with Crippen molar-refractivity contribution in [3.63, 3.8) is 0 Å². The molecule has 0 aromatic heterocycles. The predicted octanol–water partition coefficient (Wildman–Crippen LogP) is 4.12. The van der Waals surface area contributed by atoms with E-state index in [9.17, 15) is 4.39 Å². The highest BCUT2D eigenvalue weighted by molar-refractivity contribution is 7.80. The maximum absolute atomic E-state index is 13.8. The molecule has 3 rings (SSSR count). The molecule has 1 heterocycles. The smallest absolute Gasteiger partial charge is 0.167 e. The number of ether oxygens (including phenoxy) is 1. The summed E-state index contributed by atoms with van der Waals surface area (Å²) < 4.78 is 19.4. The van der Waals surface area contributed by atoms with E-state index < -0.39 is 0 Å². The van der Waals surface area contributed by atoms with Gasteiger partial charge < -0.3 is 15.4 Å². The molecule has 1 saturated heterocycles. The average molecular weight is 373 g/mol. The van der Waals surface area contributed by atoms with E-state index in [1.165, 1.54) is 11.6 Å². The van der Waals surface area contributed by atoms with E-state index >= 15 is 0 Å². The lowest BCUT2D eigenvalue weighted by atomic mass is 9.97. The van der Waals surface area contributed by atoms with Crippen LogP contribution in [-0.4, -0.2) is 24.4 Å². The number of nitrogens with one attached hydrogen (secondary N) is 2. The van der Waals surface area contributed by atoms with Crippen LogP contribution in [0.2, 0.25) is 0 Å². The molecule has 2 atom stereocenters. The first-order chi connectivity index (χ1) is 12.7. The number of hydrogen-bond donors (Lipinski definition) is 2. The molecule has 0 bridgehead atoms. The SMILES string of the molecule is CCc1ccc([C@@H](NC(=S)NC[C@H]2CCCO2)c2cccc(F)c2)cc1. The summed E-state index contributed by atoms with van der Waals surface area (Å²) in [7, 11) is 0. The summed E-state index contributed by atoms with van der Waals surface area (Å²) >= 11 is 5.47. The van der Waals surface area contributed by atoms with Crippen molar-refractivity contribution in [2.45, 2.75) is 38.3 Å². The van der Waals surface area contributed by atoms with Gasteiger partial charge in [-0.1, -0.05) is 43.3 Å². The molecule has 0 unspecified atom stereocenters. The topological polar surface area (TPSA) is 33.3 Å². The molecule has 0 saturated carbocycles. The first kappa shape index (κ1) is 18.8. The molecule has 26 heavy (non-hydrogen) atoms. The van der Waals surface area contributed by atoms with Crippen molar-refractivity contribution >= 4 is 17.3 Å². The summed E-state index contributed by atoms with van der Waals surface area (Å²) in [5, 5.41) is 7.12. The quantitative estimate of drug-likeness (QED) is 0.748. The number of rotatable bonds is 6. The van der Waals surface area contributed by atoms with Crippen molar-refractivity contribution in [2.75, 3.05) is 13.2 Å². The number of hydrogen-bond acceptors (Lipinski definition) is 2. The number of benzene rings is 2. The molecule has 1 fully saturated rings. The van der Waals surface area contributed by atoms with Crippen molar-refractivity contribution in [2.24, 2.45) is 0 Å². The highest BCUT2D eigenvalue weighted by Gasteiger charge is 2.18. The Morgan fingerprint density at radius 1 is 1.23 bits per heavy atom. The summed E-state index contributed by atoms with van der Waals surface area (Å²) in [5.41, 5.74) is 3.16. The molecule has 2 aromatic rings. The van der Waals surface area contributed by atoms with Crippen LogP contribution in [-0.2, 0) is 11.2 Å². The van der Waals surface area contributed by atoms with Crippen LogP contribution >= 0.6 is 12.2 Å². The molecular weight excluding hydrogens is 347 g/mol. The molecule has 5 heteroatoms. The fourth-order valence-electron chi connectivity index (χ4n) is 3.19. The van der Waals surface area contributed by atoms with E-state index in [1.807, 2.05) is 6.07 Å². The van der Waals surface area contributed by atoms with Crippen LogP contribution in [0.4, 0.5) is 4.39 Å². The molecule has 0 amide bonds. The maximum atomic E-state index is 13.8. The van der Waals surface area contributed by atoms with Gasteiger partial charge in [-0.2, -0.15) is 0 Å². The Labute approximate surface area is 160 Å². The minimum absolute atomic E-state index is 0.207. The minimum atomic E-state index is -0.252. The first-order valence-corrected chi connectivity index (χ1v) is 9.57. The maximum Gasteiger partial charge on any atom is 0.167 e. The summed E-state index contributed by atoms with van der Waals surface area (Å²) in [6.07, 6.45) is 3.36. The van der Waals surface area contributed by atoms with E-state index in [0.717, 1.165) is 37.0 Å². The molecule has 0 aliphatic carbocycles. The zero-order valence-corrected chi connectivity index (χ0v) is 15.8. The lowest BCUT2D eigenvalue weighted by Gasteiger charge is -2.23. The van der Waals surface area contributed by atoms with E-state index in [0.29, 0.717) is 11.7 Å².